The van der Waals surface area contributed by atoms with Crippen LogP contribution in [0.2, 0.25) is 0 Å². The fourth-order valence-corrected chi connectivity index (χ4v) is 3.23. The predicted octanol–water partition coefficient (Wildman–Crippen LogP) is 3.04. The van der Waals surface area contributed by atoms with Crippen LogP contribution in [-0.4, -0.2) is 18.9 Å². The zero-order valence-electron chi connectivity index (χ0n) is 15.2. The van der Waals surface area contributed by atoms with Gasteiger partial charge in [0.1, 0.15) is 0 Å². The van der Waals surface area contributed by atoms with Gasteiger partial charge in [-0.25, -0.2) is 0 Å². The summed E-state index contributed by atoms with van der Waals surface area (Å²) in [5.41, 5.74) is 0.999. The molecule has 0 aliphatic rings. The molecule has 0 fully saturated rings. The van der Waals surface area contributed by atoms with E-state index in [4.69, 9.17) is 0 Å². The summed E-state index contributed by atoms with van der Waals surface area (Å²) < 4.78 is 0. The van der Waals surface area contributed by atoms with E-state index in [1.165, 1.54) is 0 Å². The number of amides is 2. The van der Waals surface area contributed by atoms with Crippen LogP contribution in [0.15, 0.2) is 91.0 Å². The molecule has 4 heteroatoms. The molecule has 4 nitrogen and oxygen atoms in total. The number of carbonyl (C=O) groups excluding carboxylic acids is 2. The fraction of sp³-hybridized carbons (Fsp3) is 0.130. The standard InChI is InChI=1S/C23H22N2O2/c1-24-22(27)23(19-13-7-3-8-14-19,20-15-9-4-10-16-20)25-21(26)17-18-11-5-2-6-12-18/h2-16H,17H2,1H3,(H,24,27)(H,25,26). The van der Waals surface area contributed by atoms with Crippen molar-refractivity contribution in [2.24, 2.45) is 0 Å². The third-order valence-corrected chi connectivity index (χ3v) is 4.52. The van der Waals surface area contributed by atoms with E-state index in [0.29, 0.717) is 11.1 Å². The molecule has 0 aromatic heterocycles. The molecule has 0 bridgehead atoms. The number of hydrogen-bond acceptors (Lipinski definition) is 2. The number of likely N-dealkylation sites (N-methyl/N-ethyl adjacent to an activating group) is 1. The second-order valence-electron chi connectivity index (χ2n) is 6.27. The monoisotopic (exact) mass is 358 g/mol. The molecule has 2 N–H and O–H groups in total. The van der Waals surface area contributed by atoms with E-state index in [1.54, 1.807) is 7.05 Å². The lowest BCUT2D eigenvalue weighted by atomic mass is 9.81. The SMILES string of the molecule is CNC(=O)C(NC(=O)Cc1ccccc1)(c1ccccc1)c1ccccc1. The molecule has 0 radical (unpaired) electrons. The average molecular weight is 358 g/mol. The van der Waals surface area contributed by atoms with Gasteiger partial charge in [0, 0.05) is 7.05 Å². The highest BCUT2D eigenvalue weighted by Gasteiger charge is 2.42. The quantitative estimate of drug-likeness (QED) is 0.712. The minimum absolute atomic E-state index is 0.194. The van der Waals surface area contributed by atoms with Gasteiger partial charge in [-0.3, -0.25) is 9.59 Å². The summed E-state index contributed by atoms with van der Waals surface area (Å²) >= 11 is 0. The van der Waals surface area contributed by atoms with Crippen LogP contribution in [-0.2, 0) is 21.5 Å². The molecule has 2 amide bonds. The van der Waals surface area contributed by atoms with Crippen LogP contribution >= 0.6 is 0 Å². The second kappa shape index (κ2) is 8.32. The summed E-state index contributed by atoms with van der Waals surface area (Å²) in [6.07, 6.45) is 0.194. The van der Waals surface area contributed by atoms with Crippen LogP contribution in [0.3, 0.4) is 0 Å². The maximum absolute atomic E-state index is 13.1. The Bertz CT molecular complexity index is 854. The summed E-state index contributed by atoms with van der Waals surface area (Å²) in [6.45, 7) is 0. The van der Waals surface area contributed by atoms with Crippen LogP contribution < -0.4 is 10.6 Å². The first-order chi connectivity index (χ1) is 13.2. The first-order valence-electron chi connectivity index (χ1n) is 8.85. The van der Waals surface area contributed by atoms with Crippen LogP contribution in [0.1, 0.15) is 16.7 Å². The van der Waals surface area contributed by atoms with Crippen molar-refractivity contribution in [2.75, 3.05) is 7.05 Å². The number of hydrogen-bond donors (Lipinski definition) is 2. The van der Waals surface area contributed by atoms with E-state index in [-0.39, 0.29) is 18.2 Å². The molecule has 27 heavy (non-hydrogen) atoms. The van der Waals surface area contributed by atoms with Crippen LogP contribution in [0, 0.1) is 0 Å². The second-order valence-corrected chi connectivity index (χ2v) is 6.27. The molecular weight excluding hydrogens is 336 g/mol. The van der Waals surface area contributed by atoms with Crippen molar-refractivity contribution in [1.29, 1.82) is 0 Å². The van der Waals surface area contributed by atoms with Crippen molar-refractivity contribution < 1.29 is 9.59 Å². The first-order valence-corrected chi connectivity index (χ1v) is 8.85. The van der Waals surface area contributed by atoms with E-state index in [0.717, 1.165) is 5.56 Å². The molecule has 3 rings (SSSR count). The summed E-state index contributed by atoms with van der Waals surface area (Å²) in [7, 11) is 1.58. The van der Waals surface area contributed by atoms with Crippen molar-refractivity contribution in [3.05, 3.63) is 108 Å². The van der Waals surface area contributed by atoms with Gasteiger partial charge in [0.05, 0.1) is 6.42 Å². The summed E-state index contributed by atoms with van der Waals surface area (Å²) in [4.78, 5) is 26.0. The van der Waals surface area contributed by atoms with Gasteiger partial charge in [0.2, 0.25) is 5.91 Å². The van der Waals surface area contributed by atoms with E-state index < -0.39 is 5.54 Å². The van der Waals surface area contributed by atoms with Gasteiger partial charge in [-0.05, 0) is 16.7 Å². The summed E-state index contributed by atoms with van der Waals surface area (Å²) in [5.74, 6) is -0.515. The Morgan fingerprint density at radius 1 is 0.741 bits per heavy atom. The number of benzene rings is 3. The lowest BCUT2D eigenvalue weighted by Gasteiger charge is -2.34. The molecule has 3 aromatic rings. The highest BCUT2D eigenvalue weighted by atomic mass is 16.2. The Labute approximate surface area is 159 Å². The normalized spacial score (nSPS) is 10.9. The minimum atomic E-state index is -1.30. The zero-order chi connectivity index (χ0) is 19.1. The Kier molecular flexibility index (Phi) is 5.67. The van der Waals surface area contributed by atoms with Crippen LogP contribution in [0.5, 0.6) is 0 Å². The van der Waals surface area contributed by atoms with Crippen LogP contribution in [0.4, 0.5) is 0 Å². The molecule has 3 aromatic carbocycles. The van der Waals surface area contributed by atoms with Gasteiger partial charge < -0.3 is 10.6 Å². The third-order valence-electron chi connectivity index (χ3n) is 4.52. The van der Waals surface area contributed by atoms with E-state index >= 15 is 0 Å². The maximum atomic E-state index is 13.1. The van der Waals surface area contributed by atoms with Crippen molar-refractivity contribution in [3.63, 3.8) is 0 Å². The number of nitrogens with one attached hydrogen (secondary N) is 2. The minimum Gasteiger partial charge on any atom is -0.357 e. The highest BCUT2D eigenvalue weighted by Crippen LogP contribution is 2.30. The topological polar surface area (TPSA) is 58.2 Å². The smallest absolute Gasteiger partial charge is 0.254 e. The summed E-state index contributed by atoms with van der Waals surface area (Å²) in [6, 6.07) is 28.1. The highest BCUT2D eigenvalue weighted by molar-refractivity contribution is 5.96. The van der Waals surface area contributed by atoms with Gasteiger partial charge in [-0.2, -0.15) is 0 Å². The molecule has 0 aliphatic carbocycles. The fourth-order valence-electron chi connectivity index (χ4n) is 3.23. The predicted molar refractivity (Wildman–Crippen MR) is 106 cm³/mol. The zero-order valence-corrected chi connectivity index (χ0v) is 15.2. The molecule has 0 atom stereocenters. The van der Waals surface area contributed by atoms with Crippen molar-refractivity contribution in [3.8, 4) is 0 Å². The van der Waals surface area contributed by atoms with Crippen molar-refractivity contribution >= 4 is 11.8 Å². The first kappa shape index (κ1) is 18.4. The Morgan fingerprint density at radius 3 is 1.63 bits per heavy atom. The molecule has 136 valence electrons. The van der Waals surface area contributed by atoms with Gasteiger partial charge in [-0.15, -0.1) is 0 Å². The Balaban J connectivity index is 2.06. The lowest BCUT2D eigenvalue weighted by molar-refractivity contribution is -0.131. The maximum Gasteiger partial charge on any atom is 0.254 e. The summed E-state index contributed by atoms with van der Waals surface area (Å²) in [5, 5.41) is 5.73. The van der Waals surface area contributed by atoms with Crippen molar-refractivity contribution in [2.45, 2.75) is 12.0 Å². The van der Waals surface area contributed by atoms with Gasteiger partial charge in [-0.1, -0.05) is 91.0 Å². The molecular formula is C23H22N2O2. The molecule has 0 saturated carbocycles. The molecule has 0 heterocycles. The molecule has 0 saturated heterocycles. The molecule has 0 spiro atoms. The Morgan fingerprint density at radius 2 is 1.19 bits per heavy atom. The van der Waals surface area contributed by atoms with E-state index in [2.05, 4.69) is 10.6 Å². The third kappa shape index (κ3) is 3.90. The van der Waals surface area contributed by atoms with Crippen LogP contribution in [0.25, 0.3) is 0 Å². The molecule has 0 aliphatic heterocycles. The number of rotatable bonds is 6. The average Bonchev–Trinajstić information content (AvgIpc) is 2.73. The van der Waals surface area contributed by atoms with Gasteiger partial charge in [0.15, 0.2) is 5.54 Å². The lowest BCUT2D eigenvalue weighted by Crippen LogP contribution is -2.56. The van der Waals surface area contributed by atoms with E-state index in [1.807, 2.05) is 91.0 Å². The van der Waals surface area contributed by atoms with Crippen molar-refractivity contribution in [1.82, 2.24) is 10.6 Å². The van der Waals surface area contributed by atoms with E-state index in [9.17, 15) is 9.59 Å². The Hall–Kier alpha value is -3.40. The molecule has 0 unspecified atom stereocenters. The van der Waals surface area contributed by atoms with Gasteiger partial charge >= 0.3 is 0 Å². The largest absolute Gasteiger partial charge is 0.357 e. The van der Waals surface area contributed by atoms with Gasteiger partial charge in [0.25, 0.3) is 5.91 Å². The number of carbonyl (C=O) groups is 2.